The van der Waals surface area contributed by atoms with Crippen LogP contribution in [-0.4, -0.2) is 31.6 Å². The van der Waals surface area contributed by atoms with Gasteiger partial charge in [0.1, 0.15) is 11.3 Å². The molecule has 202 valence electrons. The lowest BCUT2D eigenvalue weighted by molar-refractivity contribution is 0.0714. The Morgan fingerprint density at radius 3 is 2.41 bits per heavy atom. The number of fused-ring (bicyclic) bond motifs is 2. The average molecular weight is 548 g/mol. The third-order valence-electron chi connectivity index (χ3n) is 6.90. The molecule has 0 fully saturated rings. The van der Waals surface area contributed by atoms with Crippen LogP contribution < -0.4 is 19.6 Å². The molecule has 8 heteroatoms. The van der Waals surface area contributed by atoms with E-state index in [1.165, 1.54) is 0 Å². The van der Waals surface area contributed by atoms with Crippen LogP contribution in [-0.2, 0) is 6.54 Å². The van der Waals surface area contributed by atoms with Crippen molar-refractivity contribution in [3.05, 3.63) is 98.4 Å². The zero-order chi connectivity index (χ0) is 27.7. The first kappa shape index (κ1) is 26.6. The second-order valence-electron chi connectivity index (χ2n) is 9.94. The summed E-state index contributed by atoms with van der Waals surface area (Å²) >= 11 is 6.20. The summed E-state index contributed by atoms with van der Waals surface area (Å²) < 4.78 is 22.9. The summed E-state index contributed by atoms with van der Waals surface area (Å²) in [5, 5.41) is 0.737. The van der Waals surface area contributed by atoms with E-state index in [0.717, 1.165) is 12.0 Å². The second-order valence-corrected chi connectivity index (χ2v) is 10.4. The van der Waals surface area contributed by atoms with Gasteiger partial charge in [0.2, 0.25) is 5.76 Å². The summed E-state index contributed by atoms with van der Waals surface area (Å²) in [6.07, 6.45) is 0.904. The highest BCUT2D eigenvalue weighted by Crippen LogP contribution is 2.42. The van der Waals surface area contributed by atoms with Crippen molar-refractivity contribution in [2.45, 2.75) is 32.9 Å². The molecular formula is C31H30ClNO6. The number of halogens is 1. The van der Waals surface area contributed by atoms with Gasteiger partial charge in [0.25, 0.3) is 5.91 Å². The van der Waals surface area contributed by atoms with Gasteiger partial charge in [0.15, 0.2) is 16.9 Å². The predicted molar refractivity (Wildman–Crippen MR) is 150 cm³/mol. The van der Waals surface area contributed by atoms with Gasteiger partial charge in [0, 0.05) is 11.6 Å². The van der Waals surface area contributed by atoms with Crippen LogP contribution in [0.5, 0.6) is 17.2 Å². The Balaban J connectivity index is 1.62. The highest BCUT2D eigenvalue weighted by Gasteiger charge is 2.43. The molecule has 0 radical (unpaired) electrons. The molecule has 2 heterocycles. The van der Waals surface area contributed by atoms with Crippen LogP contribution in [0, 0.1) is 5.92 Å². The molecule has 1 amide bonds. The summed E-state index contributed by atoms with van der Waals surface area (Å²) in [5.74, 6) is 2.01. The SMILES string of the molecule is COc1ccc(CN2C(=O)c3oc4ccc(Cl)cc4c(=O)c3C2c2ccc(OCCC(C)C)c(OC)c2)cc1. The Morgan fingerprint density at radius 1 is 0.949 bits per heavy atom. The Bertz CT molecular complexity index is 1580. The highest BCUT2D eigenvalue weighted by atomic mass is 35.5. The van der Waals surface area contributed by atoms with Crippen LogP contribution in [0.4, 0.5) is 0 Å². The Labute approximate surface area is 231 Å². The van der Waals surface area contributed by atoms with Gasteiger partial charge in [0.05, 0.1) is 37.8 Å². The average Bonchev–Trinajstić information content (AvgIpc) is 3.20. The minimum Gasteiger partial charge on any atom is -0.497 e. The van der Waals surface area contributed by atoms with Crippen molar-refractivity contribution in [3.8, 4) is 17.2 Å². The fourth-order valence-corrected chi connectivity index (χ4v) is 4.98. The monoisotopic (exact) mass is 547 g/mol. The van der Waals surface area contributed by atoms with Crippen LogP contribution >= 0.6 is 11.6 Å². The molecule has 7 nitrogen and oxygen atoms in total. The topological polar surface area (TPSA) is 78.2 Å². The van der Waals surface area contributed by atoms with Gasteiger partial charge >= 0.3 is 0 Å². The Hall–Kier alpha value is -3.97. The fraction of sp³-hybridized carbons (Fsp3) is 0.290. The van der Waals surface area contributed by atoms with E-state index < -0.39 is 6.04 Å². The van der Waals surface area contributed by atoms with E-state index in [2.05, 4.69) is 13.8 Å². The van der Waals surface area contributed by atoms with Crippen LogP contribution in [0.15, 0.2) is 69.9 Å². The summed E-state index contributed by atoms with van der Waals surface area (Å²) in [7, 11) is 3.17. The van der Waals surface area contributed by atoms with Gasteiger partial charge in [-0.05, 0) is 65.9 Å². The van der Waals surface area contributed by atoms with Crippen molar-refractivity contribution in [2.24, 2.45) is 5.92 Å². The molecule has 0 N–H and O–H groups in total. The van der Waals surface area contributed by atoms with Crippen LogP contribution in [0.2, 0.25) is 5.02 Å². The smallest absolute Gasteiger partial charge is 0.291 e. The number of carbonyl (C=O) groups excluding carboxylic acids is 1. The molecule has 1 unspecified atom stereocenters. The molecule has 0 saturated heterocycles. The quantitative estimate of drug-likeness (QED) is 0.234. The molecule has 1 aromatic heterocycles. The largest absolute Gasteiger partial charge is 0.497 e. The van der Waals surface area contributed by atoms with Gasteiger partial charge in [-0.25, -0.2) is 0 Å². The van der Waals surface area contributed by atoms with Crippen LogP contribution in [0.25, 0.3) is 11.0 Å². The normalized spacial score (nSPS) is 14.7. The van der Waals surface area contributed by atoms with E-state index in [1.54, 1.807) is 37.3 Å². The minimum absolute atomic E-state index is 0.0320. The summed E-state index contributed by atoms with van der Waals surface area (Å²) in [6.45, 7) is 5.08. The number of methoxy groups -OCH3 is 2. The zero-order valence-electron chi connectivity index (χ0n) is 22.3. The first-order valence-electron chi connectivity index (χ1n) is 12.8. The lowest BCUT2D eigenvalue weighted by atomic mass is 9.97. The Morgan fingerprint density at radius 2 is 1.72 bits per heavy atom. The number of hydrogen-bond donors (Lipinski definition) is 0. The zero-order valence-corrected chi connectivity index (χ0v) is 23.1. The lowest BCUT2D eigenvalue weighted by Gasteiger charge is -2.26. The van der Waals surface area contributed by atoms with E-state index in [-0.39, 0.29) is 29.2 Å². The molecule has 0 spiro atoms. The van der Waals surface area contributed by atoms with Gasteiger partial charge < -0.3 is 23.5 Å². The summed E-state index contributed by atoms with van der Waals surface area (Å²) in [4.78, 5) is 29.3. The molecule has 0 aliphatic carbocycles. The predicted octanol–water partition coefficient (Wildman–Crippen LogP) is 6.63. The first-order valence-corrected chi connectivity index (χ1v) is 13.2. The molecular weight excluding hydrogens is 518 g/mol. The number of nitrogens with zero attached hydrogens (tertiary/aromatic N) is 1. The number of benzene rings is 3. The number of amides is 1. The van der Waals surface area contributed by atoms with E-state index >= 15 is 0 Å². The van der Waals surface area contributed by atoms with Crippen molar-refractivity contribution in [1.82, 2.24) is 4.90 Å². The van der Waals surface area contributed by atoms with E-state index in [1.807, 2.05) is 42.5 Å². The molecule has 39 heavy (non-hydrogen) atoms. The van der Waals surface area contributed by atoms with Gasteiger partial charge in [-0.15, -0.1) is 0 Å². The molecule has 5 rings (SSSR count). The van der Waals surface area contributed by atoms with Crippen molar-refractivity contribution >= 4 is 28.5 Å². The third kappa shape index (κ3) is 5.19. The number of rotatable bonds is 9. The van der Waals surface area contributed by atoms with Crippen molar-refractivity contribution in [3.63, 3.8) is 0 Å². The lowest BCUT2D eigenvalue weighted by Crippen LogP contribution is -2.29. The number of ether oxygens (including phenoxy) is 3. The van der Waals surface area contributed by atoms with Crippen molar-refractivity contribution in [1.29, 1.82) is 0 Å². The molecule has 1 atom stereocenters. The molecule has 3 aromatic carbocycles. The molecule has 0 bridgehead atoms. The summed E-state index contributed by atoms with van der Waals surface area (Å²) in [6, 6.07) is 17.1. The molecule has 1 aliphatic rings. The highest BCUT2D eigenvalue weighted by molar-refractivity contribution is 6.31. The standard InChI is InChI=1S/C31H30ClNO6/c1-18(2)13-14-38-25-11-7-20(15-26(25)37-4)28-27-29(34)23-16-21(32)8-12-24(23)39-30(27)31(35)33(28)17-19-5-9-22(36-3)10-6-19/h5-12,15-16,18,28H,13-14,17H2,1-4H3. The fourth-order valence-electron chi connectivity index (χ4n) is 4.81. The summed E-state index contributed by atoms with van der Waals surface area (Å²) in [5.41, 5.74) is 1.88. The third-order valence-corrected chi connectivity index (χ3v) is 7.13. The van der Waals surface area contributed by atoms with Crippen LogP contribution in [0.3, 0.4) is 0 Å². The maximum atomic E-state index is 13.8. The van der Waals surface area contributed by atoms with Crippen molar-refractivity contribution < 1.29 is 23.4 Å². The molecule has 4 aromatic rings. The first-order chi connectivity index (χ1) is 18.8. The van der Waals surface area contributed by atoms with Gasteiger partial charge in [-0.2, -0.15) is 0 Å². The number of carbonyl (C=O) groups is 1. The number of hydrogen-bond acceptors (Lipinski definition) is 6. The van der Waals surface area contributed by atoms with E-state index in [4.69, 9.17) is 30.2 Å². The maximum Gasteiger partial charge on any atom is 0.291 e. The van der Waals surface area contributed by atoms with Gasteiger partial charge in [-0.3, -0.25) is 9.59 Å². The molecule has 1 aliphatic heterocycles. The Kier molecular flexibility index (Phi) is 7.53. The van der Waals surface area contributed by atoms with E-state index in [0.29, 0.717) is 51.3 Å². The van der Waals surface area contributed by atoms with Gasteiger partial charge in [-0.1, -0.05) is 43.6 Å². The van der Waals surface area contributed by atoms with E-state index in [9.17, 15) is 9.59 Å². The maximum absolute atomic E-state index is 13.8. The molecule has 0 saturated carbocycles. The van der Waals surface area contributed by atoms with Crippen molar-refractivity contribution in [2.75, 3.05) is 20.8 Å². The van der Waals surface area contributed by atoms with Crippen LogP contribution in [0.1, 0.15) is 53.6 Å². The minimum atomic E-state index is -0.701. The second kappa shape index (κ2) is 11.0.